The molecule has 0 unspecified atom stereocenters. The molecule has 0 aliphatic carbocycles. The van der Waals surface area contributed by atoms with Gasteiger partial charge in [0.25, 0.3) is 0 Å². The molecule has 0 bridgehead atoms. The van der Waals surface area contributed by atoms with Crippen LogP contribution in [0.25, 0.3) is 11.1 Å². The lowest BCUT2D eigenvalue weighted by Crippen LogP contribution is -2.01. The molecule has 2 aliphatic rings. The lowest BCUT2D eigenvalue weighted by atomic mass is 9.98. The number of nitrogens with zero attached hydrogens (tertiary/aromatic N) is 2. The van der Waals surface area contributed by atoms with Crippen molar-refractivity contribution in [2.45, 2.75) is 0 Å². The van der Waals surface area contributed by atoms with E-state index in [1.54, 1.807) is 0 Å². The van der Waals surface area contributed by atoms with Gasteiger partial charge in [0.05, 0.1) is 5.71 Å². The summed E-state index contributed by atoms with van der Waals surface area (Å²) in [6, 6.07) is 18.9. The molecular formula is C18H12N2. The Balaban J connectivity index is 1.67. The number of allylic oxidation sites excluding steroid dienone is 2. The van der Waals surface area contributed by atoms with E-state index in [9.17, 15) is 0 Å². The quantitative estimate of drug-likeness (QED) is 0.775. The van der Waals surface area contributed by atoms with Crippen molar-refractivity contribution >= 4 is 11.9 Å². The Labute approximate surface area is 117 Å². The molecule has 0 saturated carbocycles. The van der Waals surface area contributed by atoms with Crippen LogP contribution in [0.5, 0.6) is 0 Å². The molecule has 0 radical (unpaired) electrons. The van der Waals surface area contributed by atoms with E-state index in [4.69, 9.17) is 0 Å². The lowest BCUT2D eigenvalue weighted by Gasteiger charge is -2.06. The van der Waals surface area contributed by atoms with Crippen molar-refractivity contribution in [1.29, 1.82) is 0 Å². The number of aliphatic imine (C=N–C) groups is 2. The molecule has 20 heavy (non-hydrogen) atoms. The first-order valence-electron chi connectivity index (χ1n) is 6.60. The third-order valence-electron chi connectivity index (χ3n) is 3.58. The number of fused-ring (bicyclic) bond motifs is 1. The van der Waals surface area contributed by atoms with E-state index in [-0.39, 0.29) is 0 Å². The van der Waals surface area contributed by atoms with Crippen LogP contribution in [0, 0.1) is 0 Å². The summed E-state index contributed by atoms with van der Waals surface area (Å²) in [6.07, 6.45) is 5.61. The van der Waals surface area contributed by atoms with Gasteiger partial charge in [-0.3, -0.25) is 9.98 Å². The van der Waals surface area contributed by atoms with Crippen LogP contribution in [-0.4, -0.2) is 11.9 Å². The van der Waals surface area contributed by atoms with Crippen LogP contribution < -0.4 is 0 Å². The number of hydrogen-bond donors (Lipinski definition) is 0. The van der Waals surface area contributed by atoms with E-state index in [2.05, 4.69) is 58.5 Å². The molecule has 0 spiro atoms. The first kappa shape index (κ1) is 11.1. The number of rotatable bonds is 2. The highest BCUT2D eigenvalue weighted by atomic mass is 14.8. The lowest BCUT2D eigenvalue weighted by molar-refractivity contribution is 1.54. The summed E-state index contributed by atoms with van der Waals surface area (Å²) >= 11 is 0. The van der Waals surface area contributed by atoms with Gasteiger partial charge in [-0.05, 0) is 11.1 Å². The van der Waals surface area contributed by atoms with Gasteiger partial charge in [-0.1, -0.05) is 54.6 Å². The summed E-state index contributed by atoms with van der Waals surface area (Å²) < 4.78 is 0. The highest BCUT2D eigenvalue weighted by Gasteiger charge is 2.20. The Morgan fingerprint density at radius 1 is 0.650 bits per heavy atom. The van der Waals surface area contributed by atoms with Crippen LogP contribution in [0.4, 0.5) is 0 Å². The molecule has 2 heterocycles. The van der Waals surface area contributed by atoms with Gasteiger partial charge in [0.15, 0.2) is 0 Å². The first-order chi connectivity index (χ1) is 9.92. The molecule has 0 amide bonds. The van der Waals surface area contributed by atoms with E-state index in [1.807, 2.05) is 24.7 Å². The van der Waals surface area contributed by atoms with Crippen LogP contribution >= 0.6 is 0 Å². The van der Waals surface area contributed by atoms with Crippen molar-refractivity contribution in [1.82, 2.24) is 0 Å². The maximum atomic E-state index is 4.49. The molecule has 4 rings (SSSR count). The number of hydrogen-bond acceptors (Lipinski definition) is 2. The zero-order valence-corrected chi connectivity index (χ0v) is 10.8. The smallest absolute Gasteiger partial charge is 0.0797 e. The monoisotopic (exact) mass is 256 g/mol. The van der Waals surface area contributed by atoms with Crippen LogP contribution in [0.15, 0.2) is 88.1 Å². The summed E-state index contributed by atoms with van der Waals surface area (Å²) in [5.74, 6) is 0. The van der Waals surface area contributed by atoms with Gasteiger partial charge in [-0.15, -0.1) is 0 Å². The molecule has 0 atom stereocenters. The molecule has 2 aliphatic heterocycles. The van der Waals surface area contributed by atoms with Crippen LogP contribution in [0.3, 0.4) is 0 Å². The molecule has 94 valence electrons. The standard InChI is InChI=1S/C18H12N2/c1-2-4-13(5-3-1)14-6-8-15(9-7-14)18-17-12-19-10-16(17)11-20-18/h1-12H. The van der Waals surface area contributed by atoms with Gasteiger partial charge < -0.3 is 0 Å². The summed E-state index contributed by atoms with van der Waals surface area (Å²) in [5.41, 5.74) is 6.82. The second kappa shape index (κ2) is 4.42. The van der Waals surface area contributed by atoms with Crippen molar-refractivity contribution in [3.8, 4) is 11.1 Å². The minimum atomic E-state index is 1.01. The van der Waals surface area contributed by atoms with Crippen molar-refractivity contribution in [2.24, 2.45) is 9.98 Å². The second-order valence-electron chi connectivity index (χ2n) is 4.83. The van der Waals surface area contributed by atoms with E-state index >= 15 is 0 Å². The molecule has 2 aromatic carbocycles. The SMILES string of the molecule is C1=NC=C2C1=CN=C2c1ccc(-c2ccccc2)cc1. The second-order valence-corrected chi connectivity index (χ2v) is 4.83. The Morgan fingerprint density at radius 2 is 1.35 bits per heavy atom. The van der Waals surface area contributed by atoms with E-state index in [0.717, 1.165) is 22.4 Å². The molecule has 0 aromatic heterocycles. The predicted octanol–water partition coefficient (Wildman–Crippen LogP) is 4.01. The fraction of sp³-hybridized carbons (Fsp3) is 0. The van der Waals surface area contributed by atoms with Gasteiger partial charge in [0.1, 0.15) is 0 Å². The molecule has 2 aromatic rings. The van der Waals surface area contributed by atoms with Crippen molar-refractivity contribution < 1.29 is 0 Å². The zero-order valence-electron chi connectivity index (χ0n) is 10.8. The zero-order chi connectivity index (χ0) is 13.4. The maximum Gasteiger partial charge on any atom is 0.0797 e. The molecule has 2 heteroatoms. The average Bonchev–Trinajstić information content (AvgIpc) is 3.11. The molecule has 0 saturated heterocycles. The highest BCUT2D eigenvalue weighted by Crippen LogP contribution is 2.27. The summed E-state index contributed by atoms with van der Waals surface area (Å²) in [4.78, 5) is 8.66. The minimum Gasteiger partial charge on any atom is -0.263 e. The Hall–Kier alpha value is -2.74. The van der Waals surface area contributed by atoms with Gasteiger partial charge in [-0.2, -0.15) is 0 Å². The Kier molecular flexibility index (Phi) is 2.46. The van der Waals surface area contributed by atoms with Gasteiger partial charge >= 0.3 is 0 Å². The summed E-state index contributed by atoms with van der Waals surface area (Å²) in [7, 11) is 0. The Morgan fingerprint density at radius 3 is 2.15 bits per heavy atom. The molecule has 2 nitrogen and oxygen atoms in total. The number of benzene rings is 2. The topological polar surface area (TPSA) is 24.7 Å². The van der Waals surface area contributed by atoms with Crippen molar-refractivity contribution in [2.75, 3.05) is 0 Å². The summed E-state index contributed by atoms with van der Waals surface area (Å²) in [5, 5.41) is 0. The minimum absolute atomic E-state index is 1.01. The third-order valence-corrected chi connectivity index (χ3v) is 3.58. The van der Waals surface area contributed by atoms with Gasteiger partial charge in [0, 0.05) is 35.3 Å². The van der Waals surface area contributed by atoms with E-state index in [1.165, 1.54) is 11.1 Å². The fourth-order valence-electron chi connectivity index (χ4n) is 2.52. The molecule has 0 fully saturated rings. The maximum absolute atomic E-state index is 4.49. The van der Waals surface area contributed by atoms with Crippen LogP contribution in [0.1, 0.15) is 5.56 Å². The predicted molar refractivity (Wildman–Crippen MR) is 83.1 cm³/mol. The van der Waals surface area contributed by atoms with Crippen molar-refractivity contribution in [3.05, 3.63) is 83.7 Å². The largest absolute Gasteiger partial charge is 0.263 e. The van der Waals surface area contributed by atoms with Gasteiger partial charge in [-0.25, -0.2) is 0 Å². The first-order valence-corrected chi connectivity index (χ1v) is 6.60. The van der Waals surface area contributed by atoms with E-state index in [0.29, 0.717) is 0 Å². The van der Waals surface area contributed by atoms with Crippen molar-refractivity contribution in [3.63, 3.8) is 0 Å². The molecular weight excluding hydrogens is 244 g/mol. The van der Waals surface area contributed by atoms with Crippen LogP contribution in [-0.2, 0) is 0 Å². The normalized spacial score (nSPS) is 15.7. The fourth-order valence-corrected chi connectivity index (χ4v) is 2.52. The molecule has 0 N–H and O–H groups in total. The summed E-state index contributed by atoms with van der Waals surface area (Å²) in [6.45, 7) is 0. The third kappa shape index (κ3) is 1.74. The van der Waals surface area contributed by atoms with E-state index < -0.39 is 0 Å². The Bertz CT molecular complexity index is 776. The average molecular weight is 256 g/mol. The highest BCUT2D eigenvalue weighted by molar-refractivity contribution is 6.22. The van der Waals surface area contributed by atoms with Gasteiger partial charge in [0.2, 0.25) is 0 Å². The van der Waals surface area contributed by atoms with Crippen LogP contribution in [0.2, 0.25) is 0 Å².